The summed E-state index contributed by atoms with van der Waals surface area (Å²) in [5.74, 6) is 1.02. The van der Waals surface area contributed by atoms with Gasteiger partial charge < -0.3 is 9.47 Å². The summed E-state index contributed by atoms with van der Waals surface area (Å²) in [6, 6.07) is 18.9. The zero-order chi connectivity index (χ0) is 20.0. The third kappa shape index (κ3) is 4.27. The van der Waals surface area contributed by atoms with Crippen molar-refractivity contribution in [1.82, 2.24) is 0 Å². The van der Waals surface area contributed by atoms with Gasteiger partial charge in [-0.2, -0.15) is 5.26 Å². The smallest absolute Gasteiger partial charge is 0.274 e. The van der Waals surface area contributed by atoms with Crippen LogP contribution in [0.2, 0.25) is 0 Å². The molecule has 0 atom stereocenters. The first-order valence-corrected chi connectivity index (χ1v) is 10.7. The summed E-state index contributed by atoms with van der Waals surface area (Å²) in [6.07, 6.45) is 0. The molecule has 144 valence electrons. The molecule has 1 heterocycles. The Labute approximate surface area is 168 Å². The predicted molar refractivity (Wildman–Crippen MR) is 108 cm³/mol. The first-order chi connectivity index (χ1) is 13.6. The average Bonchev–Trinajstić information content (AvgIpc) is 3.27. The standard InChI is InChI=1S/C20H18N2O4S2/c1-25-19-6-3-2-5-18(19)22(28(23,24)20-7-4-14-27-20)12-13-26-17-10-8-16(15-21)9-11-17/h2-11,14H,12-13H2,1H3. The second-order valence-electron chi connectivity index (χ2n) is 5.67. The number of hydrogen-bond donors (Lipinski definition) is 0. The number of nitriles is 1. The van der Waals surface area contributed by atoms with E-state index in [1.165, 1.54) is 11.4 Å². The van der Waals surface area contributed by atoms with Gasteiger partial charge in [0.1, 0.15) is 22.3 Å². The number of sulfonamides is 1. The van der Waals surface area contributed by atoms with Gasteiger partial charge in [0.2, 0.25) is 0 Å². The molecule has 3 aromatic rings. The minimum Gasteiger partial charge on any atom is -0.495 e. The molecule has 28 heavy (non-hydrogen) atoms. The molecule has 0 amide bonds. The maximum atomic E-state index is 13.2. The summed E-state index contributed by atoms with van der Waals surface area (Å²) in [5, 5.41) is 10.6. The van der Waals surface area contributed by atoms with E-state index in [9.17, 15) is 8.42 Å². The molecule has 8 heteroatoms. The van der Waals surface area contributed by atoms with E-state index in [0.717, 1.165) is 11.3 Å². The van der Waals surface area contributed by atoms with Crippen molar-refractivity contribution in [3.63, 3.8) is 0 Å². The molecule has 3 rings (SSSR count). The van der Waals surface area contributed by atoms with Gasteiger partial charge in [0, 0.05) is 0 Å². The fraction of sp³-hybridized carbons (Fsp3) is 0.150. The third-order valence-electron chi connectivity index (χ3n) is 3.94. The fourth-order valence-corrected chi connectivity index (χ4v) is 5.16. The Bertz CT molecular complexity index is 1060. The Hall–Kier alpha value is -3.02. The zero-order valence-electron chi connectivity index (χ0n) is 15.1. The summed E-state index contributed by atoms with van der Waals surface area (Å²) < 4.78 is 38.9. The second-order valence-corrected chi connectivity index (χ2v) is 8.70. The number of para-hydroxylation sites is 2. The summed E-state index contributed by atoms with van der Waals surface area (Å²) in [7, 11) is -2.26. The molecule has 0 N–H and O–H groups in total. The number of hydrogen-bond acceptors (Lipinski definition) is 6. The van der Waals surface area contributed by atoms with Crippen LogP contribution in [0.4, 0.5) is 5.69 Å². The second kappa shape index (κ2) is 8.78. The van der Waals surface area contributed by atoms with Crippen LogP contribution < -0.4 is 13.8 Å². The third-order valence-corrected chi connectivity index (χ3v) is 7.13. The van der Waals surface area contributed by atoms with Crippen molar-refractivity contribution in [3.8, 4) is 17.6 Å². The highest BCUT2D eigenvalue weighted by Gasteiger charge is 2.28. The van der Waals surface area contributed by atoms with E-state index in [-0.39, 0.29) is 17.4 Å². The van der Waals surface area contributed by atoms with Crippen molar-refractivity contribution >= 4 is 27.0 Å². The predicted octanol–water partition coefficient (Wildman–Crippen LogP) is 3.90. The minimum absolute atomic E-state index is 0.0978. The normalized spacial score (nSPS) is 10.9. The Morgan fingerprint density at radius 1 is 1.07 bits per heavy atom. The van der Waals surface area contributed by atoms with Crippen LogP contribution in [0.3, 0.4) is 0 Å². The van der Waals surface area contributed by atoms with E-state index in [2.05, 4.69) is 0 Å². The molecule has 0 fully saturated rings. The van der Waals surface area contributed by atoms with Crippen LogP contribution in [0.1, 0.15) is 5.56 Å². The van der Waals surface area contributed by atoms with Gasteiger partial charge in [-0.3, -0.25) is 4.31 Å². The lowest BCUT2D eigenvalue weighted by Gasteiger charge is -2.25. The SMILES string of the molecule is COc1ccccc1N(CCOc1ccc(C#N)cc1)S(=O)(=O)c1cccs1. The topological polar surface area (TPSA) is 79.6 Å². The maximum absolute atomic E-state index is 13.2. The first-order valence-electron chi connectivity index (χ1n) is 8.38. The maximum Gasteiger partial charge on any atom is 0.274 e. The van der Waals surface area contributed by atoms with Gasteiger partial charge in [-0.05, 0) is 47.8 Å². The number of methoxy groups -OCH3 is 1. The minimum atomic E-state index is -3.76. The number of anilines is 1. The molecule has 0 saturated heterocycles. The van der Waals surface area contributed by atoms with Crippen molar-refractivity contribution in [2.45, 2.75) is 4.21 Å². The Morgan fingerprint density at radius 2 is 1.82 bits per heavy atom. The monoisotopic (exact) mass is 414 g/mol. The number of ether oxygens (including phenoxy) is 2. The highest BCUT2D eigenvalue weighted by Crippen LogP contribution is 2.33. The van der Waals surface area contributed by atoms with E-state index in [1.54, 1.807) is 66.0 Å². The summed E-state index contributed by atoms with van der Waals surface area (Å²) in [5.41, 5.74) is 0.977. The van der Waals surface area contributed by atoms with Crippen molar-refractivity contribution in [3.05, 3.63) is 71.6 Å². The zero-order valence-corrected chi connectivity index (χ0v) is 16.7. The molecule has 0 aliphatic heterocycles. The lowest BCUT2D eigenvalue weighted by Crippen LogP contribution is -2.34. The number of benzene rings is 2. The lowest BCUT2D eigenvalue weighted by molar-refractivity contribution is 0.328. The molecule has 2 aromatic carbocycles. The molecule has 0 saturated carbocycles. The number of rotatable bonds is 8. The van der Waals surface area contributed by atoms with Gasteiger partial charge in [-0.15, -0.1) is 11.3 Å². The van der Waals surface area contributed by atoms with Crippen LogP contribution in [0.25, 0.3) is 0 Å². The summed E-state index contributed by atoms with van der Waals surface area (Å²) >= 11 is 1.16. The van der Waals surface area contributed by atoms with Gasteiger partial charge >= 0.3 is 0 Å². The molecule has 1 aromatic heterocycles. The fourth-order valence-electron chi connectivity index (χ4n) is 2.60. The van der Waals surface area contributed by atoms with Crippen LogP contribution in [0.5, 0.6) is 11.5 Å². The highest BCUT2D eigenvalue weighted by molar-refractivity contribution is 7.94. The van der Waals surface area contributed by atoms with E-state index in [1.807, 2.05) is 6.07 Å². The number of thiophene rings is 1. The van der Waals surface area contributed by atoms with Gasteiger partial charge in [0.15, 0.2) is 0 Å². The van der Waals surface area contributed by atoms with Crippen LogP contribution in [-0.2, 0) is 10.0 Å². The molecule has 0 spiro atoms. The molecule has 6 nitrogen and oxygen atoms in total. The van der Waals surface area contributed by atoms with Crippen LogP contribution in [-0.4, -0.2) is 28.7 Å². The van der Waals surface area contributed by atoms with Gasteiger partial charge in [0.05, 0.1) is 31.0 Å². The van der Waals surface area contributed by atoms with Gasteiger partial charge in [-0.1, -0.05) is 18.2 Å². The average molecular weight is 415 g/mol. The van der Waals surface area contributed by atoms with Crippen LogP contribution >= 0.6 is 11.3 Å². The Morgan fingerprint density at radius 3 is 2.46 bits per heavy atom. The molecular weight excluding hydrogens is 396 g/mol. The molecule has 0 radical (unpaired) electrons. The van der Waals surface area contributed by atoms with Crippen molar-refractivity contribution in [2.75, 3.05) is 24.6 Å². The van der Waals surface area contributed by atoms with Gasteiger partial charge in [0.25, 0.3) is 10.0 Å². The van der Waals surface area contributed by atoms with Gasteiger partial charge in [-0.25, -0.2) is 8.42 Å². The lowest BCUT2D eigenvalue weighted by atomic mass is 10.2. The van der Waals surface area contributed by atoms with E-state index < -0.39 is 10.0 Å². The molecule has 0 unspecified atom stereocenters. The van der Waals surface area contributed by atoms with E-state index in [0.29, 0.717) is 22.7 Å². The summed E-state index contributed by atoms with van der Waals surface area (Å²) in [6.45, 7) is 0.231. The molecule has 0 aliphatic carbocycles. The van der Waals surface area contributed by atoms with Crippen LogP contribution in [0.15, 0.2) is 70.3 Å². The molecular formula is C20H18N2O4S2. The quantitative estimate of drug-likeness (QED) is 0.558. The van der Waals surface area contributed by atoms with Crippen LogP contribution in [0, 0.1) is 11.3 Å². The molecule has 0 aliphatic rings. The van der Waals surface area contributed by atoms with Crippen molar-refractivity contribution < 1.29 is 17.9 Å². The Balaban J connectivity index is 1.85. The number of nitrogens with zero attached hydrogens (tertiary/aromatic N) is 2. The van der Waals surface area contributed by atoms with E-state index >= 15 is 0 Å². The van der Waals surface area contributed by atoms with Crippen molar-refractivity contribution in [2.24, 2.45) is 0 Å². The van der Waals surface area contributed by atoms with Crippen molar-refractivity contribution in [1.29, 1.82) is 5.26 Å². The highest BCUT2D eigenvalue weighted by atomic mass is 32.2. The van der Waals surface area contributed by atoms with E-state index in [4.69, 9.17) is 14.7 Å². The summed E-state index contributed by atoms with van der Waals surface area (Å²) in [4.78, 5) is 0. The molecule has 0 bridgehead atoms. The first kappa shape index (κ1) is 19.7. The largest absolute Gasteiger partial charge is 0.495 e. The Kier molecular flexibility index (Phi) is 6.19.